The number of aromatic amines is 1. The molecule has 1 aromatic heterocycles. The quantitative estimate of drug-likeness (QED) is 0.548. The summed E-state index contributed by atoms with van der Waals surface area (Å²) in [7, 11) is 0. The van der Waals surface area contributed by atoms with Gasteiger partial charge in [0.15, 0.2) is 0 Å². The van der Waals surface area contributed by atoms with Gasteiger partial charge >= 0.3 is 5.97 Å². The first-order valence-electron chi connectivity index (χ1n) is 10.7. The van der Waals surface area contributed by atoms with E-state index in [4.69, 9.17) is 10.5 Å². The van der Waals surface area contributed by atoms with Crippen molar-refractivity contribution in [2.75, 3.05) is 6.54 Å². The van der Waals surface area contributed by atoms with E-state index < -0.39 is 17.0 Å². The summed E-state index contributed by atoms with van der Waals surface area (Å²) in [6.45, 7) is 8.26. The lowest BCUT2D eigenvalue weighted by molar-refractivity contribution is -0.252. The molecular formula is C22H31N5O4. The molecular weight excluding hydrogens is 398 g/mol. The van der Waals surface area contributed by atoms with Crippen molar-refractivity contribution < 1.29 is 19.5 Å². The Kier molecular flexibility index (Phi) is 5.31. The number of para-hydroxylation sites is 1. The second kappa shape index (κ2) is 7.58. The van der Waals surface area contributed by atoms with Crippen molar-refractivity contribution in [3.05, 3.63) is 29.6 Å². The molecule has 2 aliphatic heterocycles. The fourth-order valence-electron chi connectivity index (χ4n) is 5.11. The lowest BCUT2D eigenvalue weighted by atomic mass is 9.75. The van der Waals surface area contributed by atoms with E-state index in [1.807, 2.05) is 33.8 Å². The highest BCUT2D eigenvalue weighted by atomic mass is 16.5. The van der Waals surface area contributed by atoms with Crippen molar-refractivity contribution >= 4 is 22.9 Å². The number of fused-ring (bicyclic) bond motifs is 1. The summed E-state index contributed by atoms with van der Waals surface area (Å²) >= 11 is 0. The molecule has 31 heavy (non-hydrogen) atoms. The Labute approximate surface area is 181 Å². The molecule has 1 aromatic carbocycles. The minimum atomic E-state index is -0.519. The number of carbonyl (C=O) groups excluding carboxylic acids is 2. The van der Waals surface area contributed by atoms with Gasteiger partial charge < -0.3 is 26.0 Å². The van der Waals surface area contributed by atoms with Crippen molar-refractivity contribution in [2.45, 2.75) is 70.2 Å². The van der Waals surface area contributed by atoms with Gasteiger partial charge in [0, 0.05) is 24.0 Å². The SMILES string of the molecule is CC1(C)CC(C(=O)OC2CNC(c3nc4c(C(N)=O)cccc4[nH]3)C2)CC(C)(C)N1O. The predicted octanol–water partition coefficient (Wildman–Crippen LogP) is 2.27. The van der Waals surface area contributed by atoms with E-state index >= 15 is 0 Å². The number of esters is 1. The zero-order valence-corrected chi connectivity index (χ0v) is 18.4. The average molecular weight is 430 g/mol. The third kappa shape index (κ3) is 4.05. The van der Waals surface area contributed by atoms with Gasteiger partial charge in [0.1, 0.15) is 17.4 Å². The molecule has 0 radical (unpaired) electrons. The van der Waals surface area contributed by atoms with E-state index in [1.165, 1.54) is 5.06 Å². The molecule has 3 heterocycles. The number of hydrogen-bond donors (Lipinski definition) is 4. The molecule has 9 heteroatoms. The van der Waals surface area contributed by atoms with Crippen molar-refractivity contribution in [3.63, 3.8) is 0 Å². The Hall–Kier alpha value is -2.49. The number of nitrogens with one attached hydrogen (secondary N) is 2. The molecule has 2 aromatic rings. The maximum absolute atomic E-state index is 12.9. The van der Waals surface area contributed by atoms with Crippen LogP contribution in [-0.4, -0.2) is 55.8 Å². The fraction of sp³-hybridized carbons (Fsp3) is 0.591. The largest absolute Gasteiger partial charge is 0.461 e. The summed E-state index contributed by atoms with van der Waals surface area (Å²) in [5.74, 6) is -0.313. The van der Waals surface area contributed by atoms with Crippen LogP contribution in [0.4, 0.5) is 0 Å². The van der Waals surface area contributed by atoms with E-state index in [-0.39, 0.29) is 24.0 Å². The molecule has 2 saturated heterocycles. The maximum Gasteiger partial charge on any atom is 0.309 e. The van der Waals surface area contributed by atoms with Gasteiger partial charge in [-0.05, 0) is 52.7 Å². The third-order valence-corrected chi connectivity index (χ3v) is 6.47. The second-order valence-electron chi connectivity index (χ2n) is 9.99. The van der Waals surface area contributed by atoms with E-state index in [2.05, 4.69) is 15.3 Å². The van der Waals surface area contributed by atoms with Crippen LogP contribution < -0.4 is 11.1 Å². The molecule has 2 unspecified atom stereocenters. The Bertz CT molecular complexity index is 996. The van der Waals surface area contributed by atoms with Gasteiger partial charge in [-0.25, -0.2) is 4.98 Å². The van der Waals surface area contributed by atoms with Crippen LogP contribution in [0.1, 0.15) is 69.2 Å². The number of benzene rings is 1. The number of hydrogen-bond acceptors (Lipinski definition) is 7. The zero-order chi connectivity index (χ0) is 22.6. The van der Waals surface area contributed by atoms with Gasteiger partial charge in [-0.2, -0.15) is 5.06 Å². The van der Waals surface area contributed by atoms with E-state index in [1.54, 1.807) is 12.1 Å². The van der Waals surface area contributed by atoms with Gasteiger partial charge in [-0.15, -0.1) is 0 Å². The van der Waals surface area contributed by atoms with Gasteiger partial charge in [-0.1, -0.05) is 6.07 Å². The second-order valence-corrected chi connectivity index (χ2v) is 9.99. The lowest BCUT2D eigenvalue weighted by Gasteiger charge is -2.50. The van der Waals surface area contributed by atoms with Crippen molar-refractivity contribution in [2.24, 2.45) is 11.7 Å². The Balaban J connectivity index is 1.43. The third-order valence-electron chi connectivity index (χ3n) is 6.47. The summed E-state index contributed by atoms with van der Waals surface area (Å²) in [4.78, 5) is 32.4. The molecule has 0 bridgehead atoms. The number of primary amides is 1. The highest BCUT2D eigenvalue weighted by Gasteiger charge is 2.48. The molecule has 0 aliphatic carbocycles. The summed E-state index contributed by atoms with van der Waals surface area (Å²) in [6.07, 6.45) is 1.40. The van der Waals surface area contributed by atoms with Crippen LogP contribution >= 0.6 is 0 Å². The molecule has 5 N–H and O–H groups in total. The highest BCUT2D eigenvalue weighted by molar-refractivity contribution is 6.04. The first-order valence-corrected chi connectivity index (χ1v) is 10.7. The average Bonchev–Trinajstić information content (AvgIpc) is 3.31. The Morgan fingerprint density at radius 1 is 1.23 bits per heavy atom. The smallest absolute Gasteiger partial charge is 0.309 e. The summed E-state index contributed by atoms with van der Waals surface area (Å²) in [6, 6.07) is 5.15. The van der Waals surface area contributed by atoms with Crippen LogP contribution in [0, 0.1) is 5.92 Å². The summed E-state index contributed by atoms with van der Waals surface area (Å²) < 4.78 is 5.84. The number of hydroxylamine groups is 2. The van der Waals surface area contributed by atoms with Crippen LogP contribution in [0.2, 0.25) is 0 Å². The zero-order valence-electron chi connectivity index (χ0n) is 18.4. The Morgan fingerprint density at radius 3 is 2.55 bits per heavy atom. The van der Waals surface area contributed by atoms with Crippen LogP contribution in [0.25, 0.3) is 11.0 Å². The van der Waals surface area contributed by atoms with Crippen molar-refractivity contribution in [3.8, 4) is 0 Å². The minimum absolute atomic E-state index is 0.113. The minimum Gasteiger partial charge on any atom is -0.461 e. The number of aromatic nitrogens is 2. The molecule has 1 amide bonds. The molecule has 2 fully saturated rings. The summed E-state index contributed by atoms with van der Waals surface area (Å²) in [5, 5.41) is 15.2. The number of H-pyrrole nitrogens is 1. The van der Waals surface area contributed by atoms with Gasteiger partial charge in [0.25, 0.3) is 5.91 Å². The number of carbonyl (C=O) groups is 2. The number of imidazole rings is 1. The predicted molar refractivity (Wildman–Crippen MR) is 114 cm³/mol. The Morgan fingerprint density at radius 2 is 1.90 bits per heavy atom. The molecule has 0 saturated carbocycles. The number of amides is 1. The number of rotatable bonds is 4. The highest BCUT2D eigenvalue weighted by Crippen LogP contribution is 2.40. The maximum atomic E-state index is 12.9. The van der Waals surface area contributed by atoms with E-state index in [0.717, 1.165) is 5.52 Å². The number of nitrogens with zero attached hydrogens (tertiary/aromatic N) is 2. The van der Waals surface area contributed by atoms with Crippen LogP contribution in [0.3, 0.4) is 0 Å². The first kappa shape index (κ1) is 21.7. The molecule has 168 valence electrons. The van der Waals surface area contributed by atoms with E-state index in [9.17, 15) is 14.8 Å². The number of nitrogens with two attached hydrogens (primary N) is 1. The standard InChI is InChI=1S/C22H31N5O4/c1-21(2)9-12(10-22(3,4)27(21)30)20(29)31-13-8-16(24-11-13)19-25-15-7-5-6-14(18(23)28)17(15)26-19/h5-7,12-13,16,24,30H,8-11H2,1-4H3,(H2,23,28)(H,25,26). The van der Waals surface area contributed by atoms with Gasteiger partial charge in [-0.3, -0.25) is 9.59 Å². The topological polar surface area (TPSA) is 134 Å². The molecule has 2 aliphatic rings. The molecule has 0 spiro atoms. The molecule has 9 nitrogen and oxygen atoms in total. The summed E-state index contributed by atoms with van der Waals surface area (Å²) in [5.41, 5.74) is 6.11. The van der Waals surface area contributed by atoms with Crippen LogP contribution in [0.5, 0.6) is 0 Å². The molecule has 2 atom stereocenters. The fourth-order valence-corrected chi connectivity index (χ4v) is 5.11. The monoisotopic (exact) mass is 429 g/mol. The van der Waals surface area contributed by atoms with Crippen LogP contribution in [-0.2, 0) is 9.53 Å². The van der Waals surface area contributed by atoms with Crippen molar-refractivity contribution in [1.29, 1.82) is 0 Å². The first-order chi connectivity index (χ1) is 14.5. The number of piperidine rings is 1. The van der Waals surface area contributed by atoms with Gasteiger partial charge in [0.05, 0.1) is 23.0 Å². The molecule has 4 rings (SSSR count). The van der Waals surface area contributed by atoms with E-state index in [0.29, 0.717) is 42.7 Å². The normalized spacial score (nSPS) is 26.2. The lowest BCUT2D eigenvalue weighted by Crippen LogP contribution is -2.60. The van der Waals surface area contributed by atoms with Crippen molar-refractivity contribution in [1.82, 2.24) is 20.3 Å². The van der Waals surface area contributed by atoms with Gasteiger partial charge in [0.2, 0.25) is 0 Å². The van der Waals surface area contributed by atoms with Crippen LogP contribution in [0.15, 0.2) is 18.2 Å². The number of ether oxygens (including phenoxy) is 1.